The van der Waals surface area contributed by atoms with Crippen molar-refractivity contribution in [2.24, 2.45) is 5.92 Å². The van der Waals surface area contributed by atoms with Gasteiger partial charge in [0.2, 0.25) is 0 Å². The lowest BCUT2D eigenvalue weighted by atomic mass is 10.0. The van der Waals surface area contributed by atoms with Crippen LogP contribution in [0.4, 0.5) is 0 Å². The van der Waals surface area contributed by atoms with Crippen LogP contribution in [-0.2, 0) is 19.3 Å². The van der Waals surface area contributed by atoms with Gasteiger partial charge in [0.25, 0.3) is 0 Å². The van der Waals surface area contributed by atoms with E-state index in [-0.39, 0.29) is 0 Å². The highest BCUT2D eigenvalue weighted by molar-refractivity contribution is 5.15. The van der Waals surface area contributed by atoms with E-state index in [0.29, 0.717) is 0 Å². The van der Waals surface area contributed by atoms with Crippen molar-refractivity contribution in [1.29, 1.82) is 0 Å². The van der Waals surface area contributed by atoms with E-state index in [9.17, 15) is 0 Å². The summed E-state index contributed by atoms with van der Waals surface area (Å²) in [5, 5.41) is 0. The Hall–Kier alpha value is -0.790. The van der Waals surface area contributed by atoms with E-state index in [4.69, 9.17) is 4.98 Å². The van der Waals surface area contributed by atoms with Crippen LogP contribution in [0.15, 0.2) is 0 Å². The highest BCUT2D eigenvalue weighted by Crippen LogP contribution is 2.17. The van der Waals surface area contributed by atoms with Gasteiger partial charge < -0.3 is 4.98 Å². The van der Waals surface area contributed by atoms with Crippen molar-refractivity contribution in [2.45, 2.75) is 85.5 Å². The van der Waals surface area contributed by atoms with Crippen LogP contribution in [0, 0.1) is 5.92 Å². The second-order valence-corrected chi connectivity index (χ2v) is 5.91. The third-order valence-corrected chi connectivity index (χ3v) is 3.78. The summed E-state index contributed by atoms with van der Waals surface area (Å²) in [5.41, 5.74) is 2.75. The molecule has 0 aliphatic rings. The van der Waals surface area contributed by atoms with Crippen LogP contribution in [0.2, 0.25) is 0 Å². The molecule has 0 fully saturated rings. The second-order valence-electron chi connectivity index (χ2n) is 5.91. The Balaban J connectivity index is 2.68. The second kappa shape index (κ2) is 9.17. The monoisotopic (exact) mass is 264 g/mol. The summed E-state index contributed by atoms with van der Waals surface area (Å²) in [6, 6.07) is 0. The van der Waals surface area contributed by atoms with Crippen LogP contribution in [0.3, 0.4) is 0 Å². The summed E-state index contributed by atoms with van der Waals surface area (Å²) in [7, 11) is 0. The molecule has 1 rings (SSSR count). The van der Waals surface area contributed by atoms with E-state index in [2.05, 4.69) is 32.7 Å². The minimum absolute atomic E-state index is 0.745. The molecule has 1 unspecified atom stereocenters. The quantitative estimate of drug-likeness (QED) is 0.627. The van der Waals surface area contributed by atoms with Crippen LogP contribution in [0.25, 0.3) is 0 Å². The molecule has 0 aliphatic heterocycles. The van der Waals surface area contributed by atoms with Crippen molar-refractivity contribution >= 4 is 0 Å². The molecule has 0 saturated carbocycles. The van der Waals surface area contributed by atoms with E-state index >= 15 is 0 Å². The molecule has 0 saturated heterocycles. The molecule has 1 N–H and O–H groups in total. The Bertz CT molecular complexity index is 316. The number of aryl methyl sites for hydroxylation is 2. The van der Waals surface area contributed by atoms with Gasteiger partial charge in [-0.1, -0.05) is 53.4 Å². The van der Waals surface area contributed by atoms with Crippen molar-refractivity contribution in [3.8, 4) is 0 Å². The Kier molecular flexibility index (Phi) is 7.85. The fourth-order valence-corrected chi connectivity index (χ4v) is 2.64. The van der Waals surface area contributed by atoms with Crippen LogP contribution >= 0.6 is 0 Å². The first-order chi connectivity index (χ1) is 9.21. The maximum absolute atomic E-state index is 4.87. The predicted molar refractivity (Wildman–Crippen MR) is 83.6 cm³/mol. The number of aromatic amines is 1. The molecule has 1 atom stereocenters. The average molecular weight is 264 g/mol. The van der Waals surface area contributed by atoms with Gasteiger partial charge in [-0.2, -0.15) is 0 Å². The maximum atomic E-state index is 4.87. The van der Waals surface area contributed by atoms with E-state index in [0.717, 1.165) is 18.8 Å². The summed E-state index contributed by atoms with van der Waals surface area (Å²) >= 11 is 0. The van der Waals surface area contributed by atoms with Gasteiger partial charge in [-0.25, -0.2) is 4.98 Å². The summed E-state index contributed by atoms with van der Waals surface area (Å²) in [6.07, 6.45) is 11.0. The minimum Gasteiger partial charge on any atom is -0.346 e. The number of nitrogens with zero attached hydrogens (tertiary/aromatic N) is 1. The van der Waals surface area contributed by atoms with Crippen molar-refractivity contribution in [3.05, 3.63) is 17.2 Å². The summed E-state index contributed by atoms with van der Waals surface area (Å²) < 4.78 is 0. The van der Waals surface area contributed by atoms with Gasteiger partial charge >= 0.3 is 0 Å². The van der Waals surface area contributed by atoms with Crippen molar-refractivity contribution in [2.75, 3.05) is 0 Å². The molecule has 1 aromatic rings. The minimum atomic E-state index is 0.745. The van der Waals surface area contributed by atoms with Crippen LogP contribution in [0.5, 0.6) is 0 Å². The normalized spacial score (nSPS) is 12.8. The zero-order chi connectivity index (χ0) is 14.1. The number of hydrogen-bond acceptors (Lipinski definition) is 1. The van der Waals surface area contributed by atoms with Gasteiger partial charge in [-0.05, 0) is 31.6 Å². The first-order valence-corrected chi connectivity index (χ1v) is 8.27. The molecule has 19 heavy (non-hydrogen) atoms. The molecule has 2 heteroatoms. The molecule has 110 valence electrons. The fraction of sp³-hybridized carbons (Fsp3) is 0.824. The van der Waals surface area contributed by atoms with Gasteiger partial charge in [0.1, 0.15) is 5.82 Å². The van der Waals surface area contributed by atoms with Gasteiger partial charge in [-0.15, -0.1) is 0 Å². The summed E-state index contributed by atoms with van der Waals surface area (Å²) in [4.78, 5) is 8.47. The highest BCUT2D eigenvalue weighted by Gasteiger charge is 2.11. The van der Waals surface area contributed by atoms with Gasteiger partial charge in [0.05, 0.1) is 5.69 Å². The zero-order valence-electron chi connectivity index (χ0n) is 13.4. The first kappa shape index (κ1) is 16.3. The molecule has 0 aliphatic carbocycles. The lowest BCUT2D eigenvalue weighted by Gasteiger charge is -2.06. The van der Waals surface area contributed by atoms with Crippen molar-refractivity contribution in [1.82, 2.24) is 9.97 Å². The molecule has 0 amide bonds. The predicted octanol–water partition coefficient (Wildman–Crippen LogP) is 5.07. The third kappa shape index (κ3) is 5.80. The number of rotatable bonds is 10. The molecule has 2 nitrogen and oxygen atoms in total. The fourth-order valence-electron chi connectivity index (χ4n) is 2.64. The molecule has 0 radical (unpaired) electrons. The van der Waals surface area contributed by atoms with E-state index in [1.165, 1.54) is 62.2 Å². The molecular weight excluding hydrogens is 232 g/mol. The number of nitrogens with one attached hydrogen (secondary N) is 1. The molecular formula is C17H32N2. The van der Waals surface area contributed by atoms with E-state index in [1.54, 1.807) is 0 Å². The molecule has 1 aromatic heterocycles. The number of H-pyrrole nitrogens is 1. The molecule has 0 aromatic carbocycles. The van der Waals surface area contributed by atoms with Crippen LogP contribution in [-0.4, -0.2) is 9.97 Å². The van der Waals surface area contributed by atoms with E-state index in [1.807, 2.05) is 0 Å². The third-order valence-electron chi connectivity index (χ3n) is 3.78. The highest BCUT2D eigenvalue weighted by atomic mass is 14.9. The number of aromatic nitrogens is 2. The maximum Gasteiger partial charge on any atom is 0.106 e. The Morgan fingerprint density at radius 1 is 1.00 bits per heavy atom. The molecule has 0 bridgehead atoms. The summed E-state index contributed by atoms with van der Waals surface area (Å²) in [6.45, 7) is 9.11. The standard InChI is InChI=1S/C17H32N2/c1-5-8-11-15-16(12-9-6-2)19-17(18-15)13-14(4)10-7-3/h14H,5-13H2,1-4H3,(H,18,19). The zero-order valence-corrected chi connectivity index (χ0v) is 13.4. The Labute approximate surface area is 119 Å². The first-order valence-electron chi connectivity index (χ1n) is 8.27. The topological polar surface area (TPSA) is 28.7 Å². The molecule has 1 heterocycles. The van der Waals surface area contributed by atoms with Crippen LogP contribution in [0.1, 0.15) is 83.4 Å². The smallest absolute Gasteiger partial charge is 0.106 e. The number of hydrogen-bond donors (Lipinski definition) is 1. The largest absolute Gasteiger partial charge is 0.346 e. The van der Waals surface area contributed by atoms with Gasteiger partial charge in [0, 0.05) is 12.1 Å². The lowest BCUT2D eigenvalue weighted by Crippen LogP contribution is -2.01. The van der Waals surface area contributed by atoms with Crippen molar-refractivity contribution in [3.63, 3.8) is 0 Å². The average Bonchev–Trinajstić information content (AvgIpc) is 2.76. The number of imidazole rings is 1. The Morgan fingerprint density at radius 3 is 2.32 bits per heavy atom. The van der Waals surface area contributed by atoms with E-state index < -0.39 is 0 Å². The molecule has 0 spiro atoms. The van der Waals surface area contributed by atoms with Crippen LogP contribution < -0.4 is 0 Å². The number of unbranched alkanes of at least 4 members (excludes halogenated alkanes) is 2. The van der Waals surface area contributed by atoms with Gasteiger partial charge in [0.15, 0.2) is 0 Å². The van der Waals surface area contributed by atoms with Crippen molar-refractivity contribution < 1.29 is 0 Å². The lowest BCUT2D eigenvalue weighted by molar-refractivity contribution is 0.511. The summed E-state index contributed by atoms with van der Waals surface area (Å²) in [5.74, 6) is 1.97. The van der Waals surface area contributed by atoms with Gasteiger partial charge in [-0.3, -0.25) is 0 Å². The Morgan fingerprint density at radius 2 is 1.68 bits per heavy atom. The SMILES string of the molecule is CCCCc1nc(CC(C)CCC)[nH]c1CCCC.